The zero-order chi connectivity index (χ0) is 13.0. The summed E-state index contributed by atoms with van der Waals surface area (Å²) in [7, 11) is 0. The van der Waals surface area contributed by atoms with Gasteiger partial charge in [0.2, 0.25) is 0 Å². The molecular weight excluding hydrogens is 232 g/mol. The van der Waals surface area contributed by atoms with Crippen molar-refractivity contribution in [1.82, 2.24) is 0 Å². The summed E-state index contributed by atoms with van der Waals surface area (Å²) in [4.78, 5) is 12.9. The summed E-state index contributed by atoms with van der Waals surface area (Å²) in [6.45, 7) is 3.30. The Morgan fingerprint density at radius 3 is 2.50 bits per heavy atom. The minimum atomic E-state index is -0.966. The predicted octanol–water partition coefficient (Wildman–Crippen LogP) is 0.478. The Bertz CT molecular complexity index is 399. The third kappa shape index (κ3) is 3.21. The smallest absolute Gasteiger partial charge is 0.320 e. The molecule has 18 heavy (non-hydrogen) atoms. The summed E-state index contributed by atoms with van der Waals surface area (Å²) in [6.07, 6.45) is 0.360. The largest absolute Gasteiger partial charge is 0.480 e. The fourth-order valence-corrected chi connectivity index (χ4v) is 2.01. The molecule has 1 saturated heterocycles. The number of nitrogens with zero attached hydrogens (tertiary/aromatic N) is 1. The van der Waals surface area contributed by atoms with E-state index >= 15 is 0 Å². The van der Waals surface area contributed by atoms with E-state index in [0.717, 1.165) is 37.6 Å². The molecule has 1 aromatic rings. The van der Waals surface area contributed by atoms with Crippen molar-refractivity contribution in [3.63, 3.8) is 0 Å². The Balaban J connectivity index is 1.98. The number of carboxylic acids is 1. The van der Waals surface area contributed by atoms with E-state index in [2.05, 4.69) is 4.90 Å². The minimum absolute atomic E-state index is 0.360. The van der Waals surface area contributed by atoms with E-state index in [1.165, 1.54) is 0 Å². The summed E-state index contributed by atoms with van der Waals surface area (Å²) in [5.74, 6) is -0.966. The summed E-state index contributed by atoms with van der Waals surface area (Å²) in [5.41, 5.74) is 7.59. The molecule has 1 atom stereocenters. The lowest BCUT2D eigenvalue weighted by molar-refractivity contribution is -0.138. The van der Waals surface area contributed by atoms with E-state index < -0.39 is 12.0 Å². The van der Waals surface area contributed by atoms with Gasteiger partial charge in [-0.15, -0.1) is 0 Å². The molecule has 98 valence electrons. The Morgan fingerprint density at radius 1 is 1.33 bits per heavy atom. The molecular formula is C13H18N2O3. The molecule has 0 amide bonds. The van der Waals surface area contributed by atoms with Gasteiger partial charge in [0.1, 0.15) is 6.04 Å². The van der Waals surface area contributed by atoms with Gasteiger partial charge in [0.15, 0.2) is 0 Å². The monoisotopic (exact) mass is 250 g/mol. The van der Waals surface area contributed by atoms with E-state index in [-0.39, 0.29) is 0 Å². The molecule has 5 nitrogen and oxygen atoms in total. The average molecular weight is 250 g/mol. The Hall–Kier alpha value is -1.59. The number of hydrogen-bond donors (Lipinski definition) is 2. The van der Waals surface area contributed by atoms with Crippen molar-refractivity contribution in [2.24, 2.45) is 5.73 Å². The van der Waals surface area contributed by atoms with Crippen LogP contribution in [0, 0.1) is 0 Å². The first kappa shape index (κ1) is 12.9. The first-order valence-electron chi connectivity index (χ1n) is 6.07. The highest BCUT2D eigenvalue weighted by molar-refractivity contribution is 5.73. The molecule has 0 bridgehead atoms. The number of carbonyl (C=O) groups is 1. The number of aliphatic carboxylic acids is 1. The number of carboxylic acid groups (broad SMARTS) is 1. The van der Waals surface area contributed by atoms with E-state index in [1.54, 1.807) is 0 Å². The van der Waals surface area contributed by atoms with Gasteiger partial charge in [-0.2, -0.15) is 0 Å². The number of anilines is 1. The number of nitrogens with two attached hydrogens (primary N) is 1. The van der Waals surface area contributed by atoms with Gasteiger partial charge in [-0.05, 0) is 24.1 Å². The van der Waals surface area contributed by atoms with Crippen LogP contribution >= 0.6 is 0 Å². The molecule has 1 aliphatic heterocycles. The molecule has 1 aliphatic rings. The van der Waals surface area contributed by atoms with Crippen LogP contribution in [0.1, 0.15) is 5.56 Å². The maximum atomic E-state index is 10.7. The number of rotatable bonds is 4. The first-order valence-corrected chi connectivity index (χ1v) is 6.07. The topological polar surface area (TPSA) is 75.8 Å². The average Bonchev–Trinajstić information content (AvgIpc) is 2.40. The summed E-state index contributed by atoms with van der Waals surface area (Å²) in [6, 6.07) is 7.06. The zero-order valence-corrected chi connectivity index (χ0v) is 10.2. The Morgan fingerprint density at radius 2 is 1.94 bits per heavy atom. The first-order chi connectivity index (χ1) is 8.66. The maximum Gasteiger partial charge on any atom is 0.320 e. The summed E-state index contributed by atoms with van der Waals surface area (Å²) < 4.78 is 5.30. The van der Waals surface area contributed by atoms with Crippen LogP contribution < -0.4 is 10.6 Å². The second kappa shape index (κ2) is 5.84. The van der Waals surface area contributed by atoms with Crippen LogP contribution in [0.2, 0.25) is 0 Å². The molecule has 0 aromatic heterocycles. The van der Waals surface area contributed by atoms with E-state index in [4.69, 9.17) is 15.6 Å². The third-order valence-corrected chi connectivity index (χ3v) is 3.09. The quantitative estimate of drug-likeness (QED) is 0.812. The minimum Gasteiger partial charge on any atom is -0.480 e. The standard InChI is InChI=1S/C13H18N2O3/c14-12(13(16)17)9-10-1-3-11(4-2-10)15-5-7-18-8-6-15/h1-4,12H,5-9,14H2,(H,16,17). The van der Waals surface area contributed by atoms with Crippen LogP contribution in [0.3, 0.4) is 0 Å². The van der Waals surface area contributed by atoms with Gasteiger partial charge in [0.25, 0.3) is 0 Å². The van der Waals surface area contributed by atoms with Crippen molar-refractivity contribution in [3.05, 3.63) is 29.8 Å². The second-order valence-electron chi connectivity index (χ2n) is 4.41. The van der Waals surface area contributed by atoms with Crippen LogP contribution in [-0.2, 0) is 16.0 Å². The van der Waals surface area contributed by atoms with E-state index in [1.807, 2.05) is 24.3 Å². The van der Waals surface area contributed by atoms with Gasteiger partial charge in [-0.1, -0.05) is 12.1 Å². The Kier molecular flexibility index (Phi) is 4.17. The second-order valence-corrected chi connectivity index (χ2v) is 4.41. The lowest BCUT2D eigenvalue weighted by Gasteiger charge is -2.29. The number of ether oxygens (including phenoxy) is 1. The molecule has 5 heteroatoms. The summed E-state index contributed by atoms with van der Waals surface area (Å²) in [5, 5.41) is 8.75. The van der Waals surface area contributed by atoms with Gasteiger partial charge in [0, 0.05) is 18.8 Å². The van der Waals surface area contributed by atoms with Gasteiger partial charge in [-0.25, -0.2) is 0 Å². The molecule has 1 heterocycles. The molecule has 2 rings (SSSR count). The number of benzene rings is 1. The molecule has 0 saturated carbocycles. The molecule has 3 N–H and O–H groups in total. The molecule has 0 aliphatic carbocycles. The van der Waals surface area contributed by atoms with Crippen molar-refractivity contribution in [2.45, 2.75) is 12.5 Å². The molecule has 1 aromatic carbocycles. The summed E-state index contributed by atoms with van der Waals surface area (Å²) >= 11 is 0. The van der Waals surface area contributed by atoms with Crippen molar-refractivity contribution in [2.75, 3.05) is 31.2 Å². The van der Waals surface area contributed by atoms with Crippen LogP contribution in [-0.4, -0.2) is 43.4 Å². The fourth-order valence-electron chi connectivity index (χ4n) is 2.01. The van der Waals surface area contributed by atoms with Gasteiger partial charge >= 0.3 is 5.97 Å². The number of morpholine rings is 1. The zero-order valence-electron chi connectivity index (χ0n) is 10.2. The van der Waals surface area contributed by atoms with Gasteiger partial charge in [0.05, 0.1) is 13.2 Å². The third-order valence-electron chi connectivity index (χ3n) is 3.09. The van der Waals surface area contributed by atoms with Crippen molar-refractivity contribution < 1.29 is 14.6 Å². The normalized spacial score (nSPS) is 17.5. The molecule has 1 unspecified atom stereocenters. The maximum absolute atomic E-state index is 10.7. The molecule has 0 radical (unpaired) electrons. The molecule has 0 spiro atoms. The lowest BCUT2D eigenvalue weighted by atomic mass is 10.1. The van der Waals surface area contributed by atoms with Crippen LogP contribution in [0.5, 0.6) is 0 Å². The van der Waals surface area contributed by atoms with Crippen LogP contribution in [0.4, 0.5) is 5.69 Å². The van der Waals surface area contributed by atoms with Crippen LogP contribution in [0.15, 0.2) is 24.3 Å². The van der Waals surface area contributed by atoms with Gasteiger partial charge in [-0.3, -0.25) is 4.79 Å². The van der Waals surface area contributed by atoms with E-state index in [0.29, 0.717) is 6.42 Å². The SMILES string of the molecule is NC(Cc1ccc(N2CCOCC2)cc1)C(=O)O. The number of hydrogen-bond acceptors (Lipinski definition) is 4. The fraction of sp³-hybridized carbons (Fsp3) is 0.462. The Labute approximate surface area is 106 Å². The highest BCUT2D eigenvalue weighted by Gasteiger charge is 2.13. The molecule has 1 fully saturated rings. The van der Waals surface area contributed by atoms with Crippen molar-refractivity contribution >= 4 is 11.7 Å². The van der Waals surface area contributed by atoms with E-state index in [9.17, 15) is 4.79 Å². The predicted molar refractivity (Wildman–Crippen MR) is 68.8 cm³/mol. The van der Waals surface area contributed by atoms with Crippen LogP contribution in [0.25, 0.3) is 0 Å². The van der Waals surface area contributed by atoms with Crippen molar-refractivity contribution in [1.29, 1.82) is 0 Å². The van der Waals surface area contributed by atoms with Crippen molar-refractivity contribution in [3.8, 4) is 0 Å². The highest BCUT2D eigenvalue weighted by atomic mass is 16.5. The highest BCUT2D eigenvalue weighted by Crippen LogP contribution is 2.17. The lowest BCUT2D eigenvalue weighted by Crippen LogP contribution is -2.36. The van der Waals surface area contributed by atoms with Gasteiger partial charge < -0.3 is 20.5 Å².